The molecule has 0 bridgehead atoms. The van der Waals surface area contributed by atoms with Gasteiger partial charge in [0.2, 0.25) is 0 Å². The Bertz CT molecular complexity index is 616. The Morgan fingerprint density at radius 2 is 1.95 bits per heavy atom. The summed E-state index contributed by atoms with van der Waals surface area (Å²) >= 11 is 0. The van der Waals surface area contributed by atoms with Gasteiger partial charge in [-0.05, 0) is 36.8 Å². The standard InChI is InChI=1S/C15H16FN3O/c1-10(13-7-2-3-8-14(13)17)18-15(20)19-12-6-4-5-11(16)9-12/h2-10H,17H2,1H3,(H2,18,19,20). The third-order valence-electron chi connectivity index (χ3n) is 2.89. The lowest BCUT2D eigenvalue weighted by molar-refractivity contribution is 0.249. The Hall–Kier alpha value is -2.56. The number of nitrogens with one attached hydrogen (secondary N) is 2. The summed E-state index contributed by atoms with van der Waals surface area (Å²) in [5, 5.41) is 5.32. The van der Waals surface area contributed by atoms with Crippen molar-refractivity contribution in [3.8, 4) is 0 Å². The third kappa shape index (κ3) is 3.47. The first-order chi connectivity index (χ1) is 9.56. The molecule has 2 aromatic rings. The van der Waals surface area contributed by atoms with Gasteiger partial charge in [0.05, 0.1) is 6.04 Å². The molecule has 1 unspecified atom stereocenters. The Kier molecular flexibility index (Phi) is 4.20. The maximum Gasteiger partial charge on any atom is 0.319 e. The van der Waals surface area contributed by atoms with Crippen LogP contribution in [0.15, 0.2) is 48.5 Å². The van der Waals surface area contributed by atoms with Gasteiger partial charge in [-0.15, -0.1) is 0 Å². The molecule has 5 heteroatoms. The summed E-state index contributed by atoms with van der Waals surface area (Å²) in [6.45, 7) is 1.83. The SMILES string of the molecule is CC(NC(=O)Nc1cccc(F)c1)c1ccccc1N. The summed E-state index contributed by atoms with van der Waals surface area (Å²) in [5.74, 6) is -0.400. The van der Waals surface area contributed by atoms with Gasteiger partial charge in [0, 0.05) is 11.4 Å². The molecule has 4 nitrogen and oxygen atoms in total. The van der Waals surface area contributed by atoms with Crippen molar-refractivity contribution in [2.24, 2.45) is 0 Å². The Labute approximate surface area is 116 Å². The molecular formula is C15H16FN3O. The molecule has 2 amide bonds. The number of para-hydroxylation sites is 1. The fourth-order valence-corrected chi connectivity index (χ4v) is 1.91. The van der Waals surface area contributed by atoms with E-state index < -0.39 is 11.8 Å². The van der Waals surface area contributed by atoms with Crippen LogP contribution < -0.4 is 16.4 Å². The average Bonchev–Trinajstić information content (AvgIpc) is 2.38. The maximum absolute atomic E-state index is 13.0. The van der Waals surface area contributed by atoms with Crippen LogP contribution in [0.2, 0.25) is 0 Å². The number of nitrogen functional groups attached to an aromatic ring is 1. The first-order valence-corrected chi connectivity index (χ1v) is 6.24. The van der Waals surface area contributed by atoms with Crippen LogP contribution in [0, 0.1) is 5.82 Å². The smallest absolute Gasteiger partial charge is 0.319 e. The highest BCUT2D eigenvalue weighted by Crippen LogP contribution is 2.19. The molecule has 4 N–H and O–H groups in total. The molecule has 104 valence electrons. The maximum atomic E-state index is 13.0. The number of hydrogen-bond donors (Lipinski definition) is 3. The molecule has 0 radical (unpaired) electrons. The van der Waals surface area contributed by atoms with Gasteiger partial charge in [-0.2, -0.15) is 0 Å². The second-order valence-electron chi connectivity index (χ2n) is 4.46. The van der Waals surface area contributed by atoms with E-state index in [9.17, 15) is 9.18 Å². The van der Waals surface area contributed by atoms with Crippen LogP contribution in [0.3, 0.4) is 0 Å². The van der Waals surface area contributed by atoms with Crippen LogP contribution in [0.5, 0.6) is 0 Å². The molecule has 2 aromatic carbocycles. The molecule has 0 saturated heterocycles. The highest BCUT2D eigenvalue weighted by Gasteiger charge is 2.11. The van der Waals surface area contributed by atoms with E-state index in [2.05, 4.69) is 10.6 Å². The number of amides is 2. The predicted octanol–water partition coefficient (Wildman–Crippen LogP) is 3.29. The summed E-state index contributed by atoms with van der Waals surface area (Å²) < 4.78 is 13.0. The van der Waals surface area contributed by atoms with E-state index in [1.54, 1.807) is 12.1 Å². The normalized spacial score (nSPS) is 11.7. The minimum atomic E-state index is -0.411. The van der Waals surface area contributed by atoms with Gasteiger partial charge in [0.15, 0.2) is 0 Å². The average molecular weight is 273 g/mol. The van der Waals surface area contributed by atoms with Crippen LogP contribution in [-0.2, 0) is 0 Å². The van der Waals surface area contributed by atoms with E-state index in [1.807, 2.05) is 25.1 Å². The molecule has 0 aliphatic rings. The molecule has 0 fully saturated rings. The molecule has 1 atom stereocenters. The summed E-state index contributed by atoms with van der Waals surface area (Å²) in [6.07, 6.45) is 0. The highest BCUT2D eigenvalue weighted by molar-refractivity contribution is 5.89. The number of urea groups is 1. The van der Waals surface area contributed by atoms with Crippen LogP contribution in [0.25, 0.3) is 0 Å². The van der Waals surface area contributed by atoms with E-state index in [-0.39, 0.29) is 6.04 Å². The fourth-order valence-electron chi connectivity index (χ4n) is 1.91. The van der Waals surface area contributed by atoms with Crippen LogP contribution in [0.1, 0.15) is 18.5 Å². The summed E-state index contributed by atoms with van der Waals surface area (Å²) in [7, 11) is 0. The summed E-state index contributed by atoms with van der Waals surface area (Å²) in [5.41, 5.74) is 7.70. The molecule has 20 heavy (non-hydrogen) atoms. The Balaban J connectivity index is 2.00. The number of nitrogens with two attached hydrogens (primary N) is 1. The first-order valence-electron chi connectivity index (χ1n) is 6.24. The van der Waals surface area contributed by atoms with Crippen LogP contribution >= 0.6 is 0 Å². The van der Waals surface area contributed by atoms with Gasteiger partial charge in [0.25, 0.3) is 0 Å². The topological polar surface area (TPSA) is 67.2 Å². The van der Waals surface area contributed by atoms with E-state index in [4.69, 9.17) is 5.73 Å². The van der Waals surface area contributed by atoms with Crippen LogP contribution in [-0.4, -0.2) is 6.03 Å². The zero-order valence-corrected chi connectivity index (χ0v) is 11.1. The zero-order valence-electron chi connectivity index (χ0n) is 11.1. The number of hydrogen-bond acceptors (Lipinski definition) is 2. The van der Waals surface area contributed by atoms with E-state index in [0.717, 1.165) is 5.56 Å². The van der Waals surface area contributed by atoms with Crippen molar-refractivity contribution in [1.82, 2.24) is 5.32 Å². The Morgan fingerprint density at radius 3 is 2.65 bits per heavy atom. The lowest BCUT2D eigenvalue weighted by atomic mass is 10.1. The van der Waals surface area contributed by atoms with Crippen molar-refractivity contribution in [2.45, 2.75) is 13.0 Å². The van der Waals surface area contributed by atoms with Gasteiger partial charge >= 0.3 is 6.03 Å². The fraction of sp³-hybridized carbons (Fsp3) is 0.133. The van der Waals surface area contributed by atoms with E-state index in [1.165, 1.54) is 18.2 Å². The molecule has 0 heterocycles. The van der Waals surface area contributed by atoms with Crippen molar-refractivity contribution < 1.29 is 9.18 Å². The summed E-state index contributed by atoms with van der Waals surface area (Å²) in [4.78, 5) is 11.8. The van der Waals surface area contributed by atoms with Crippen molar-refractivity contribution >= 4 is 17.4 Å². The third-order valence-corrected chi connectivity index (χ3v) is 2.89. The molecule has 0 spiro atoms. The predicted molar refractivity (Wildman–Crippen MR) is 77.8 cm³/mol. The van der Waals surface area contributed by atoms with E-state index >= 15 is 0 Å². The lowest BCUT2D eigenvalue weighted by Gasteiger charge is -2.16. The van der Waals surface area contributed by atoms with Crippen LogP contribution in [0.4, 0.5) is 20.6 Å². The molecular weight excluding hydrogens is 257 g/mol. The monoisotopic (exact) mass is 273 g/mol. The molecule has 0 aromatic heterocycles. The quantitative estimate of drug-likeness (QED) is 0.751. The van der Waals surface area contributed by atoms with Crippen molar-refractivity contribution in [3.05, 3.63) is 59.9 Å². The first kappa shape index (κ1) is 13.9. The number of benzene rings is 2. The largest absolute Gasteiger partial charge is 0.398 e. The van der Waals surface area contributed by atoms with Crippen molar-refractivity contribution in [1.29, 1.82) is 0 Å². The highest BCUT2D eigenvalue weighted by atomic mass is 19.1. The second-order valence-corrected chi connectivity index (χ2v) is 4.46. The lowest BCUT2D eigenvalue weighted by Crippen LogP contribution is -2.31. The minimum absolute atomic E-state index is 0.246. The number of rotatable bonds is 3. The van der Waals surface area contributed by atoms with Crippen molar-refractivity contribution in [3.63, 3.8) is 0 Å². The van der Waals surface area contributed by atoms with Crippen molar-refractivity contribution in [2.75, 3.05) is 11.1 Å². The number of carbonyl (C=O) groups is 1. The van der Waals surface area contributed by atoms with Gasteiger partial charge in [-0.1, -0.05) is 24.3 Å². The second kappa shape index (κ2) is 6.06. The van der Waals surface area contributed by atoms with Gasteiger partial charge in [0.1, 0.15) is 5.82 Å². The number of halogens is 1. The zero-order chi connectivity index (χ0) is 14.5. The molecule has 0 aliphatic carbocycles. The van der Waals surface area contributed by atoms with Gasteiger partial charge < -0.3 is 16.4 Å². The minimum Gasteiger partial charge on any atom is -0.398 e. The van der Waals surface area contributed by atoms with E-state index in [0.29, 0.717) is 11.4 Å². The number of carbonyl (C=O) groups excluding carboxylic acids is 1. The molecule has 2 rings (SSSR count). The summed E-state index contributed by atoms with van der Waals surface area (Å²) in [6, 6.07) is 12.4. The molecule has 0 saturated carbocycles. The van der Waals surface area contributed by atoms with Gasteiger partial charge in [-0.25, -0.2) is 9.18 Å². The Morgan fingerprint density at radius 1 is 1.20 bits per heavy atom. The van der Waals surface area contributed by atoms with Gasteiger partial charge in [-0.3, -0.25) is 0 Å². The number of anilines is 2. The molecule has 0 aliphatic heterocycles.